The number of esters is 2. The lowest BCUT2D eigenvalue weighted by molar-refractivity contribution is -0.155. The molecule has 2 N–H and O–H groups in total. The first-order chi connectivity index (χ1) is 27.1. The van der Waals surface area contributed by atoms with Gasteiger partial charge in [0.15, 0.2) is 11.6 Å². The Morgan fingerprint density at radius 1 is 0.649 bits per heavy atom. The molecule has 0 aliphatic heterocycles. The number of aryl methyl sites for hydroxylation is 1. The van der Waals surface area contributed by atoms with Crippen LogP contribution in [0.1, 0.15) is 161 Å². The normalized spacial score (nSPS) is 13.5. The third kappa shape index (κ3) is 18.6. The smallest absolute Gasteiger partial charge is 0.328 e. The zero-order valence-corrected chi connectivity index (χ0v) is 36.0. The van der Waals surface area contributed by atoms with E-state index in [0.29, 0.717) is 18.4 Å². The molecule has 0 aliphatic carbocycles. The highest BCUT2D eigenvalue weighted by Gasteiger charge is 2.31. The van der Waals surface area contributed by atoms with Crippen molar-refractivity contribution in [3.8, 4) is 11.1 Å². The number of hydrogen-bond acceptors (Lipinski definition) is 8. The van der Waals surface area contributed by atoms with Crippen LogP contribution in [0.25, 0.3) is 11.1 Å². The van der Waals surface area contributed by atoms with Gasteiger partial charge in [-0.25, -0.2) is 4.79 Å². The summed E-state index contributed by atoms with van der Waals surface area (Å²) in [5.74, 6) is -3.84. The molecule has 0 aromatic heterocycles. The average molecular weight is 791 g/mol. The van der Waals surface area contributed by atoms with E-state index in [9.17, 15) is 28.8 Å². The molecule has 0 saturated heterocycles. The van der Waals surface area contributed by atoms with Crippen LogP contribution < -0.4 is 10.6 Å². The molecule has 2 amide bonds. The van der Waals surface area contributed by atoms with Gasteiger partial charge in [-0.2, -0.15) is 0 Å². The number of amides is 2. The molecule has 0 radical (unpaired) electrons. The van der Waals surface area contributed by atoms with E-state index in [2.05, 4.69) is 48.7 Å². The molecule has 0 saturated carbocycles. The van der Waals surface area contributed by atoms with Gasteiger partial charge in [-0.15, -0.1) is 0 Å². The van der Waals surface area contributed by atoms with Gasteiger partial charge in [0.25, 0.3) is 0 Å². The summed E-state index contributed by atoms with van der Waals surface area (Å²) in [6.07, 6.45) is 9.62. The number of rotatable bonds is 27. The summed E-state index contributed by atoms with van der Waals surface area (Å²) in [5.41, 5.74) is 3.21. The van der Waals surface area contributed by atoms with Gasteiger partial charge in [0.1, 0.15) is 11.6 Å². The molecular weight excluding hydrogens is 721 g/mol. The number of hydrogen-bond donors (Lipinski definition) is 2. The van der Waals surface area contributed by atoms with Gasteiger partial charge < -0.3 is 20.1 Å². The molecule has 0 heterocycles. The summed E-state index contributed by atoms with van der Waals surface area (Å²) in [7, 11) is 1.27. The summed E-state index contributed by atoms with van der Waals surface area (Å²) >= 11 is 0. The molecule has 4 atom stereocenters. The largest absolute Gasteiger partial charge is 0.467 e. The van der Waals surface area contributed by atoms with Crippen molar-refractivity contribution in [3.63, 3.8) is 0 Å². The van der Waals surface area contributed by atoms with Crippen molar-refractivity contribution in [2.75, 3.05) is 7.11 Å². The molecule has 2 rings (SSSR count). The lowest BCUT2D eigenvalue weighted by Crippen LogP contribution is -2.47. The average Bonchev–Trinajstić information content (AvgIpc) is 3.18. The fourth-order valence-electron chi connectivity index (χ4n) is 6.69. The second-order valence-corrected chi connectivity index (χ2v) is 16.4. The molecule has 2 aromatic carbocycles. The number of Topliss-reactive ketones (excluding diaryl/α,β-unsaturated/α-hetero) is 2. The van der Waals surface area contributed by atoms with Crippen molar-refractivity contribution in [1.29, 1.82) is 0 Å². The highest BCUT2D eigenvalue weighted by atomic mass is 16.6. The van der Waals surface area contributed by atoms with Crippen molar-refractivity contribution in [3.05, 3.63) is 59.7 Å². The number of ether oxygens (including phenoxy) is 2. The first-order valence-electron chi connectivity index (χ1n) is 21.3. The third-order valence-corrected chi connectivity index (χ3v) is 10.1. The number of ketones is 2. The second kappa shape index (κ2) is 25.8. The Kier molecular flexibility index (Phi) is 22.1. The summed E-state index contributed by atoms with van der Waals surface area (Å²) < 4.78 is 10.3. The second-order valence-electron chi connectivity index (χ2n) is 16.4. The highest BCUT2D eigenvalue weighted by Crippen LogP contribution is 2.24. The molecule has 0 bridgehead atoms. The van der Waals surface area contributed by atoms with Crippen LogP contribution in [0.5, 0.6) is 0 Å². The number of benzene rings is 2. The van der Waals surface area contributed by atoms with Crippen LogP contribution in [-0.2, 0) is 39.9 Å². The maximum absolute atomic E-state index is 14.0. The van der Waals surface area contributed by atoms with Crippen LogP contribution >= 0.6 is 0 Å². The quantitative estimate of drug-likeness (QED) is 0.0518. The van der Waals surface area contributed by atoms with Crippen LogP contribution in [0.3, 0.4) is 0 Å². The first kappa shape index (κ1) is 48.8. The van der Waals surface area contributed by atoms with E-state index in [1.807, 2.05) is 19.1 Å². The van der Waals surface area contributed by atoms with E-state index in [4.69, 9.17) is 9.47 Å². The minimum Gasteiger partial charge on any atom is -0.467 e. The fourth-order valence-corrected chi connectivity index (χ4v) is 6.69. The van der Waals surface area contributed by atoms with Crippen LogP contribution in [0, 0.1) is 11.8 Å². The number of methoxy groups -OCH3 is 1. The molecule has 0 unspecified atom stereocenters. The fraction of sp³-hybridized carbons (Fsp3) is 0.617. The number of unbranched alkanes of at least 4 members (excludes halogenated alkanes) is 5. The van der Waals surface area contributed by atoms with Crippen molar-refractivity contribution >= 4 is 35.3 Å². The van der Waals surface area contributed by atoms with Crippen LogP contribution in [0.4, 0.5) is 0 Å². The van der Waals surface area contributed by atoms with Gasteiger partial charge in [0, 0.05) is 36.7 Å². The van der Waals surface area contributed by atoms with E-state index >= 15 is 0 Å². The Hall–Kier alpha value is -4.34. The van der Waals surface area contributed by atoms with Gasteiger partial charge >= 0.3 is 11.9 Å². The predicted molar refractivity (Wildman–Crippen MR) is 226 cm³/mol. The van der Waals surface area contributed by atoms with E-state index in [0.717, 1.165) is 68.9 Å². The van der Waals surface area contributed by atoms with E-state index < -0.39 is 53.3 Å². The summed E-state index contributed by atoms with van der Waals surface area (Å²) in [6.45, 7) is 13.2. The maximum atomic E-state index is 14.0. The standard InChI is InChI=1S/C47H70N2O8/c1-9-12-15-19-38(32-41(50)37-29-27-36(28-30-37)35-25-23-34(24-26-35)18-14-11-3)45(54)48-39(21-17-22-43(52)57-47(5,6)7)42(51)31-33(4)44(53)49-40(46(55)56-8)20-16-13-10-2/h23-30,33,38-40H,9-22,31-32H2,1-8H3,(H,48,54)(H,49,53)/t33-,38-,39+,40+/m1/s1. The van der Waals surface area contributed by atoms with E-state index in [-0.39, 0.29) is 43.7 Å². The van der Waals surface area contributed by atoms with Gasteiger partial charge in [-0.05, 0) is 76.0 Å². The Balaban J connectivity index is 2.23. The van der Waals surface area contributed by atoms with Crippen molar-refractivity contribution in [2.45, 2.75) is 169 Å². The van der Waals surface area contributed by atoms with Crippen molar-refractivity contribution < 1.29 is 38.2 Å². The number of nitrogens with one attached hydrogen (secondary N) is 2. The highest BCUT2D eigenvalue weighted by molar-refractivity contribution is 6.00. The molecule has 2 aromatic rings. The molecule has 0 fully saturated rings. The molecule has 316 valence electrons. The van der Waals surface area contributed by atoms with Gasteiger partial charge in [0.05, 0.1) is 13.2 Å². The van der Waals surface area contributed by atoms with Gasteiger partial charge in [-0.3, -0.25) is 24.0 Å². The van der Waals surface area contributed by atoms with Crippen molar-refractivity contribution in [2.24, 2.45) is 11.8 Å². The predicted octanol–water partition coefficient (Wildman–Crippen LogP) is 9.30. The van der Waals surface area contributed by atoms with E-state index in [1.54, 1.807) is 39.8 Å². The number of carbonyl (C=O) groups excluding carboxylic acids is 6. The van der Waals surface area contributed by atoms with Crippen LogP contribution in [0.2, 0.25) is 0 Å². The Morgan fingerprint density at radius 2 is 1.19 bits per heavy atom. The lowest BCUT2D eigenvalue weighted by atomic mass is 9.90. The SMILES string of the molecule is CCCCC[C@H](CC(=O)c1ccc(-c2ccc(CCCC)cc2)cc1)C(=O)N[C@@H](CCCC(=O)OC(C)(C)C)C(=O)C[C@@H](C)C(=O)N[C@@H](CCCCC)C(=O)OC. The summed E-state index contributed by atoms with van der Waals surface area (Å²) in [5, 5.41) is 5.66. The minimum atomic E-state index is -0.993. The van der Waals surface area contributed by atoms with Crippen molar-refractivity contribution in [1.82, 2.24) is 10.6 Å². The van der Waals surface area contributed by atoms with Crippen LogP contribution in [-0.4, -0.2) is 60.1 Å². The Bertz CT molecular complexity index is 1560. The Labute approximate surface area is 342 Å². The summed E-state index contributed by atoms with van der Waals surface area (Å²) in [6, 6.07) is 14.1. The molecular formula is C47H70N2O8. The molecule has 0 spiro atoms. The molecule has 0 aliphatic rings. The molecule has 57 heavy (non-hydrogen) atoms. The zero-order chi connectivity index (χ0) is 42.4. The lowest BCUT2D eigenvalue weighted by Gasteiger charge is -2.24. The summed E-state index contributed by atoms with van der Waals surface area (Å²) in [4.78, 5) is 79.6. The Morgan fingerprint density at radius 3 is 1.75 bits per heavy atom. The van der Waals surface area contributed by atoms with Gasteiger partial charge in [-0.1, -0.05) is 121 Å². The first-order valence-corrected chi connectivity index (χ1v) is 21.3. The van der Waals surface area contributed by atoms with E-state index in [1.165, 1.54) is 12.7 Å². The topological polar surface area (TPSA) is 145 Å². The molecule has 10 nitrogen and oxygen atoms in total. The van der Waals surface area contributed by atoms with Gasteiger partial charge in [0.2, 0.25) is 11.8 Å². The monoisotopic (exact) mass is 791 g/mol. The molecule has 10 heteroatoms. The third-order valence-electron chi connectivity index (χ3n) is 10.1. The number of carbonyl (C=O) groups is 6. The minimum absolute atomic E-state index is 0.0222. The maximum Gasteiger partial charge on any atom is 0.328 e. The zero-order valence-electron chi connectivity index (χ0n) is 36.0. The van der Waals surface area contributed by atoms with Crippen LogP contribution in [0.15, 0.2) is 48.5 Å².